The largest absolute Gasteiger partial charge is 0.487 e. The van der Waals surface area contributed by atoms with Gasteiger partial charge in [-0.25, -0.2) is 0 Å². The molecule has 2 aromatic carbocycles. The van der Waals surface area contributed by atoms with Crippen LogP contribution in [0.3, 0.4) is 0 Å². The van der Waals surface area contributed by atoms with E-state index in [4.69, 9.17) is 10.5 Å². The summed E-state index contributed by atoms with van der Waals surface area (Å²) in [5, 5.41) is 0.558. The third-order valence-electron chi connectivity index (χ3n) is 4.64. The van der Waals surface area contributed by atoms with Crippen molar-refractivity contribution >= 4 is 11.8 Å². The minimum atomic E-state index is -3.03. The maximum absolute atomic E-state index is 14.6. The van der Waals surface area contributed by atoms with Crippen LogP contribution >= 0.6 is 11.8 Å². The van der Waals surface area contributed by atoms with Crippen LogP contribution in [0.4, 0.5) is 8.78 Å². The summed E-state index contributed by atoms with van der Waals surface area (Å²) < 4.78 is 34.5. The number of alkyl halides is 2. The van der Waals surface area contributed by atoms with Crippen LogP contribution in [0.1, 0.15) is 36.8 Å². The molecule has 1 aliphatic rings. The average Bonchev–Trinajstić information content (AvgIpc) is 3.15. The Balaban J connectivity index is 1.61. The molecule has 140 valence electrons. The number of nitrogens with two attached hydrogens (primary N) is 1. The van der Waals surface area contributed by atoms with Gasteiger partial charge in [0.05, 0.1) is 0 Å². The fraction of sp³-hybridized carbons (Fsp3) is 0.429. The van der Waals surface area contributed by atoms with Crippen molar-refractivity contribution in [1.82, 2.24) is 0 Å². The predicted octanol–water partition coefficient (Wildman–Crippen LogP) is 5.39. The Kier molecular flexibility index (Phi) is 6.54. The second kappa shape index (κ2) is 8.87. The second-order valence-electron chi connectivity index (χ2n) is 6.73. The molecule has 0 aromatic heterocycles. The third kappa shape index (κ3) is 5.21. The number of halogens is 2. The van der Waals surface area contributed by atoms with E-state index in [0.29, 0.717) is 17.5 Å². The molecule has 1 saturated carbocycles. The highest BCUT2D eigenvalue weighted by molar-refractivity contribution is 8.00. The number of benzene rings is 2. The summed E-state index contributed by atoms with van der Waals surface area (Å²) in [5.74, 6) is -2.58. The van der Waals surface area contributed by atoms with E-state index >= 15 is 0 Å². The van der Waals surface area contributed by atoms with Crippen molar-refractivity contribution in [3.8, 4) is 5.75 Å². The van der Waals surface area contributed by atoms with Gasteiger partial charge in [0.1, 0.15) is 5.75 Å². The zero-order chi connectivity index (χ0) is 18.4. The lowest BCUT2D eigenvalue weighted by atomic mass is 10.1. The molecule has 0 unspecified atom stereocenters. The van der Waals surface area contributed by atoms with Crippen LogP contribution in [0.5, 0.6) is 5.75 Å². The summed E-state index contributed by atoms with van der Waals surface area (Å²) in [4.78, 5) is 0.917. The van der Waals surface area contributed by atoms with Crippen molar-refractivity contribution in [2.75, 3.05) is 13.2 Å². The lowest BCUT2D eigenvalue weighted by molar-refractivity contribution is -0.0468. The van der Waals surface area contributed by atoms with Gasteiger partial charge < -0.3 is 10.5 Å². The van der Waals surface area contributed by atoms with E-state index in [1.807, 2.05) is 18.2 Å². The second-order valence-corrected chi connectivity index (χ2v) is 8.10. The van der Waals surface area contributed by atoms with E-state index in [9.17, 15) is 8.78 Å². The zero-order valence-electron chi connectivity index (χ0n) is 14.8. The van der Waals surface area contributed by atoms with Crippen molar-refractivity contribution in [1.29, 1.82) is 0 Å². The maximum atomic E-state index is 14.6. The van der Waals surface area contributed by atoms with Crippen molar-refractivity contribution in [3.63, 3.8) is 0 Å². The minimum Gasteiger partial charge on any atom is -0.487 e. The number of ether oxygens (including phenoxy) is 1. The van der Waals surface area contributed by atoms with Gasteiger partial charge in [-0.15, -0.1) is 11.8 Å². The Labute approximate surface area is 158 Å². The standard InChI is InChI=1S/C21H25F2NOS/c22-21(23,15-25-18-10-8-16(9-11-18)12-13-24)17-4-3-7-20(14-17)26-19-5-1-2-6-19/h3-4,7-11,14,19H,1-2,5-6,12-13,15,24H2. The summed E-state index contributed by atoms with van der Waals surface area (Å²) in [6, 6.07) is 13.9. The molecule has 0 bridgehead atoms. The Morgan fingerprint density at radius 2 is 1.81 bits per heavy atom. The van der Waals surface area contributed by atoms with Gasteiger partial charge in [0.15, 0.2) is 6.61 Å². The highest BCUT2D eigenvalue weighted by atomic mass is 32.2. The molecule has 0 aliphatic heterocycles. The zero-order valence-corrected chi connectivity index (χ0v) is 15.6. The van der Waals surface area contributed by atoms with Crippen LogP contribution in [0.2, 0.25) is 0 Å². The summed E-state index contributed by atoms with van der Waals surface area (Å²) in [6.07, 6.45) is 5.60. The molecule has 0 spiro atoms. The number of hydrogen-bond donors (Lipinski definition) is 1. The summed E-state index contributed by atoms with van der Waals surface area (Å²) in [6.45, 7) is -0.103. The summed E-state index contributed by atoms with van der Waals surface area (Å²) in [7, 11) is 0. The van der Waals surface area contributed by atoms with Crippen LogP contribution in [-0.4, -0.2) is 18.4 Å². The molecule has 0 saturated heterocycles. The topological polar surface area (TPSA) is 35.2 Å². The lowest BCUT2D eigenvalue weighted by Crippen LogP contribution is -2.23. The summed E-state index contributed by atoms with van der Waals surface area (Å²) in [5.41, 5.74) is 6.60. The highest BCUT2D eigenvalue weighted by Gasteiger charge is 2.33. The van der Waals surface area contributed by atoms with Crippen LogP contribution in [0.15, 0.2) is 53.4 Å². The molecular formula is C21H25F2NOS. The molecule has 2 N–H and O–H groups in total. The monoisotopic (exact) mass is 377 g/mol. The Morgan fingerprint density at radius 3 is 2.50 bits per heavy atom. The minimum absolute atomic E-state index is 0.0141. The van der Waals surface area contributed by atoms with Gasteiger partial charge in [0, 0.05) is 15.7 Å². The van der Waals surface area contributed by atoms with Crippen LogP contribution in [0.25, 0.3) is 0 Å². The van der Waals surface area contributed by atoms with Gasteiger partial charge >= 0.3 is 5.92 Å². The molecule has 0 radical (unpaired) electrons. The summed E-state index contributed by atoms with van der Waals surface area (Å²) >= 11 is 1.72. The SMILES string of the molecule is NCCc1ccc(OCC(F)(F)c2cccc(SC3CCCC3)c2)cc1. The van der Waals surface area contributed by atoms with Gasteiger partial charge in [0.2, 0.25) is 0 Å². The fourth-order valence-electron chi connectivity index (χ4n) is 3.17. The quantitative estimate of drug-likeness (QED) is 0.669. The van der Waals surface area contributed by atoms with E-state index in [-0.39, 0.29) is 5.56 Å². The molecule has 1 aliphatic carbocycles. The first kappa shape index (κ1) is 19.2. The van der Waals surface area contributed by atoms with E-state index < -0.39 is 12.5 Å². The molecular weight excluding hydrogens is 352 g/mol. The van der Waals surface area contributed by atoms with Crippen molar-refractivity contribution in [2.45, 2.75) is 48.2 Å². The highest BCUT2D eigenvalue weighted by Crippen LogP contribution is 2.37. The van der Waals surface area contributed by atoms with Crippen molar-refractivity contribution in [3.05, 3.63) is 59.7 Å². The number of thioether (sulfide) groups is 1. The van der Waals surface area contributed by atoms with E-state index in [1.165, 1.54) is 31.7 Å². The molecule has 5 heteroatoms. The van der Waals surface area contributed by atoms with E-state index in [0.717, 1.165) is 16.9 Å². The molecule has 0 atom stereocenters. The van der Waals surface area contributed by atoms with E-state index in [1.54, 1.807) is 36.0 Å². The number of rotatable bonds is 8. The molecule has 1 fully saturated rings. The molecule has 26 heavy (non-hydrogen) atoms. The molecule has 2 nitrogen and oxygen atoms in total. The Hall–Kier alpha value is -1.59. The van der Waals surface area contributed by atoms with Crippen LogP contribution in [0, 0.1) is 0 Å². The van der Waals surface area contributed by atoms with Gasteiger partial charge in [-0.05, 0) is 55.6 Å². The first-order valence-electron chi connectivity index (χ1n) is 9.14. The van der Waals surface area contributed by atoms with Crippen molar-refractivity contribution in [2.24, 2.45) is 5.73 Å². The molecule has 2 aromatic rings. The van der Waals surface area contributed by atoms with Gasteiger partial charge in [-0.2, -0.15) is 8.78 Å². The van der Waals surface area contributed by atoms with E-state index in [2.05, 4.69) is 0 Å². The van der Waals surface area contributed by atoms with Gasteiger partial charge in [-0.1, -0.05) is 37.1 Å². The molecule has 3 rings (SSSR count). The van der Waals surface area contributed by atoms with Crippen molar-refractivity contribution < 1.29 is 13.5 Å². The van der Waals surface area contributed by atoms with Crippen LogP contribution in [-0.2, 0) is 12.3 Å². The third-order valence-corrected chi connectivity index (χ3v) is 5.97. The number of hydrogen-bond acceptors (Lipinski definition) is 3. The normalized spacial score (nSPS) is 15.3. The molecule has 0 heterocycles. The Bertz CT molecular complexity index is 699. The fourth-order valence-corrected chi connectivity index (χ4v) is 4.48. The maximum Gasteiger partial charge on any atom is 0.306 e. The first-order chi connectivity index (χ1) is 12.6. The average molecular weight is 378 g/mol. The van der Waals surface area contributed by atoms with Gasteiger partial charge in [0.25, 0.3) is 0 Å². The first-order valence-corrected chi connectivity index (χ1v) is 10.0. The van der Waals surface area contributed by atoms with Gasteiger partial charge in [-0.3, -0.25) is 0 Å². The predicted molar refractivity (Wildman–Crippen MR) is 103 cm³/mol. The Morgan fingerprint density at radius 1 is 1.08 bits per heavy atom. The van der Waals surface area contributed by atoms with Crippen LogP contribution < -0.4 is 10.5 Å². The lowest BCUT2D eigenvalue weighted by Gasteiger charge is -2.19. The molecule has 0 amide bonds. The smallest absolute Gasteiger partial charge is 0.306 e.